The van der Waals surface area contributed by atoms with Crippen LogP contribution < -0.4 is 0 Å². The van der Waals surface area contributed by atoms with Crippen molar-refractivity contribution in [2.45, 2.75) is 5.75 Å². The van der Waals surface area contributed by atoms with E-state index in [4.69, 9.17) is 0 Å². The Morgan fingerprint density at radius 2 is 1.89 bits per heavy atom. The van der Waals surface area contributed by atoms with E-state index in [0.29, 0.717) is 0 Å². The second-order valence-corrected chi connectivity index (χ2v) is 8.82. The zero-order valence-electron chi connectivity index (χ0n) is 9.82. The summed E-state index contributed by atoms with van der Waals surface area (Å²) in [5, 5.41) is 2.14. The van der Waals surface area contributed by atoms with Crippen LogP contribution in [0.2, 0.25) is 0 Å². The van der Waals surface area contributed by atoms with Gasteiger partial charge in [0, 0.05) is 16.4 Å². The van der Waals surface area contributed by atoms with Crippen LogP contribution in [0.4, 0.5) is 0 Å². The Hall–Kier alpha value is -0.290. The van der Waals surface area contributed by atoms with E-state index in [-0.39, 0.29) is 0 Å². The van der Waals surface area contributed by atoms with Gasteiger partial charge in [0.15, 0.2) is 0 Å². The van der Waals surface area contributed by atoms with Gasteiger partial charge in [-0.3, -0.25) is 0 Å². The summed E-state index contributed by atoms with van der Waals surface area (Å²) in [6.07, 6.45) is 4.40. The first-order valence-electron chi connectivity index (χ1n) is 5.60. The van der Waals surface area contributed by atoms with Crippen molar-refractivity contribution in [1.82, 2.24) is 0 Å². The minimum atomic E-state index is 1.05. The highest BCUT2D eigenvalue weighted by molar-refractivity contribution is 9.09. The van der Waals surface area contributed by atoms with E-state index in [9.17, 15) is 0 Å². The predicted octanol–water partition coefficient (Wildman–Crippen LogP) is 5.99. The van der Waals surface area contributed by atoms with Gasteiger partial charge in [0.1, 0.15) is 0 Å². The molecule has 0 aliphatic heterocycles. The van der Waals surface area contributed by atoms with Crippen molar-refractivity contribution < 1.29 is 0 Å². The molecule has 0 atom stereocenters. The summed E-state index contributed by atoms with van der Waals surface area (Å²) >= 11 is 1.83. The van der Waals surface area contributed by atoms with E-state index < -0.39 is 0 Å². The molecule has 18 heavy (non-hydrogen) atoms. The Morgan fingerprint density at radius 3 is 2.67 bits per heavy atom. The minimum absolute atomic E-state index is 1.05. The van der Waals surface area contributed by atoms with Crippen LogP contribution in [-0.2, 0) is 5.75 Å². The first kappa shape index (κ1) is 14.1. The van der Waals surface area contributed by atoms with E-state index >= 15 is 0 Å². The van der Waals surface area contributed by atoms with Gasteiger partial charge in [-0.25, -0.2) is 0 Å². The van der Waals surface area contributed by atoms with Gasteiger partial charge in [-0.2, -0.15) is 0 Å². The molecule has 1 aromatic heterocycles. The zero-order valence-corrected chi connectivity index (χ0v) is 13.1. The fraction of sp³-hybridized carbons (Fsp3) is 0.143. The normalized spacial score (nSPS) is 11.1. The van der Waals surface area contributed by atoms with Crippen molar-refractivity contribution in [1.29, 1.82) is 0 Å². The maximum atomic E-state index is 2.22. The predicted molar refractivity (Wildman–Crippen MR) is 91.1 cm³/mol. The fourth-order valence-corrected chi connectivity index (χ4v) is 5.72. The van der Waals surface area contributed by atoms with Gasteiger partial charge in [0.05, 0.1) is 0 Å². The van der Waals surface area contributed by atoms with Crippen LogP contribution in [0.15, 0.2) is 53.9 Å². The average molecular weight is 311 g/mol. The molecular weight excluding hydrogens is 296 g/mol. The summed E-state index contributed by atoms with van der Waals surface area (Å²) in [4.78, 5) is 1.45. The second-order valence-electron chi connectivity index (χ2n) is 3.51. The molecule has 2 aromatic rings. The van der Waals surface area contributed by atoms with Crippen molar-refractivity contribution in [2.24, 2.45) is 0 Å². The first-order valence-corrected chi connectivity index (χ1v) is 10.3. The molecule has 1 heterocycles. The lowest BCUT2D eigenvalue weighted by Crippen LogP contribution is -1.70. The van der Waals surface area contributed by atoms with Crippen LogP contribution in [0.1, 0.15) is 10.4 Å². The number of hydrogen-bond donors (Lipinski definition) is 0. The lowest BCUT2D eigenvalue weighted by Gasteiger charge is -1.96. The summed E-state index contributed by atoms with van der Waals surface area (Å²) in [7, 11) is 5.68. The zero-order chi connectivity index (χ0) is 12.5. The third-order valence-corrected chi connectivity index (χ3v) is 7.23. The quantitative estimate of drug-likeness (QED) is 0.455. The van der Waals surface area contributed by atoms with Crippen LogP contribution in [0.25, 0.3) is 6.08 Å². The molecule has 0 aliphatic rings. The molecule has 4 heteroatoms. The van der Waals surface area contributed by atoms with Crippen LogP contribution in [-0.4, -0.2) is 5.75 Å². The molecule has 0 saturated heterocycles. The van der Waals surface area contributed by atoms with Gasteiger partial charge >= 0.3 is 0 Å². The molecule has 0 N–H and O–H groups in total. The minimum Gasteiger partial charge on any atom is -0.148 e. The maximum absolute atomic E-state index is 2.22. The largest absolute Gasteiger partial charge is 0.148 e. The van der Waals surface area contributed by atoms with Crippen LogP contribution in [0.5, 0.6) is 0 Å². The lowest BCUT2D eigenvalue weighted by atomic mass is 10.2. The molecule has 0 fully saturated rings. The molecule has 0 unspecified atom stereocenters. The van der Waals surface area contributed by atoms with E-state index in [1.165, 1.54) is 10.4 Å². The number of thiophene rings is 1. The fourth-order valence-electron chi connectivity index (χ4n) is 1.33. The highest BCUT2D eigenvalue weighted by atomic mass is 33.5. The number of benzene rings is 1. The lowest BCUT2D eigenvalue weighted by molar-refractivity contribution is 1.57. The molecule has 0 amide bonds. The third kappa shape index (κ3) is 5.57. The Balaban J connectivity index is 1.55. The summed E-state index contributed by atoms with van der Waals surface area (Å²) in [5.41, 5.74) is 1.27. The topological polar surface area (TPSA) is 0 Å². The molecule has 2 rings (SSSR count). The SMILES string of the molecule is C(=Cc1ccccc1)CSSSCc1cccs1. The summed E-state index contributed by atoms with van der Waals surface area (Å²) < 4.78 is 0. The van der Waals surface area contributed by atoms with Gasteiger partial charge < -0.3 is 0 Å². The maximum Gasteiger partial charge on any atom is 0.0391 e. The Morgan fingerprint density at radius 1 is 1.00 bits per heavy atom. The first-order chi connectivity index (χ1) is 8.95. The van der Waals surface area contributed by atoms with Crippen LogP contribution in [0, 0.1) is 0 Å². The molecule has 94 valence electrons. The highest BCUT2D eigenvalue weighted by Gasteiger charge is 1.94. The van der Waals surface area contributed by atoms with E-state index in [1.807, 2.05) is 48.8 Å². The summed E-state index contributed by atoms with van der Waals surface area (Å²) in [6.45, 7) is 0. The van der Waals surface area contributed by atoms with Gasteiger partial charge in [0.2, 0.25) is 0 Å². The third-order valence-electron chi connectivity index (χ3n) is 2.15. The molecular formula is C14H14S4. The Bertz CT molecular complexity index is 448. The van der Waals surface area contributed by atoms with E-state index in [1.54, 1.807) is 0 Å². The summed E-state index contributed by atoms with van der Waals surface area (Å²) in [5.74, 6) is 2.16. The number of rotatable bonds is 7. The van der Waals surface area contributed by atoms with E-state index in [0.717, 1.165) is 11.5 Å². The van der Waals surface area contributed by atoms with E-state index in [2.05, 4.69) is 53.9 Å². The molecule has 0 saturated carbocycles. The van der Waals surface area contributed by atoms with Gasteiger partial charge in [-0.1, -0.05) is 70.1 Å². The molecule has 0 bridgehead atoms. The Labute approximate surface area is 124 Å². The smallest absolute Gasteiger partial charge is 0.0391 e. The second kappa shape index (κ2) is 8.75. The molecule has 0 spiro atoms. The van der Waals surface area contributed by atoms with Crippen molar-refractivity contribution in [3.8, 4) is 0 Å². The Kier molecular flexibility index (Phi) is 6.87. The standard InChI is InChI=1S/C14H14S4/c1-2-6-13(7-3-1)8-4-11-16-18-17-12-14-9-5-10-15-14/h1-10H,11-12H2. The number of hydrogen-bond acceptors (Lipinski definition) is 4. The van der Waals surface area contributed by atoms with Crippen molar-refractivity contribution >= 4 is 48.8 Å². The molecule has 0 aliphatic carbocycles. The van der Waals surface area contributed by atoms with Gasteiger partial charge in [0.25, 0.3) is 0 Å². The van der Waals surface area contributed by atoms with Gasteiger partial charge in [-0.15, -0.1) is 11.3 Å². The monoisotopic (exact) mass is 310 g/mol. The molecule has 0 nitrogen and oxygen atoms in total. The highest BCUT2D eigenvalue weighted by Crippen LogP contribution is 2.37. The molecule has 1 aromatic carbocycles. The van der Waals surface area contributed by atoms with Crippen LogP contribution in [0.3, 0.4) is 0 Å². The molecule has 0 radical (unpaired) electrons. The van der Waals surface area contributed by atoms with Crippen molar-refractivity contribution in [3.05, 3.63) is 64.4 Å². The van der Waals surface area contributed by atoms with Crippen molar-refractivity contribution in [2.75, 3.05) is 5.75 Å². The van der Waals surface area contributed by atoms with Crippen LogP contribution >= 0.6 is 42.8 Å². The summed E-state index contributed by atoms with van der Waals surface area (Å²) in [6, 6.07) is 14.7. The van der Waals surface area contributed by atoms with Gasteiger partial charge in [-0.05, 0) is 26.8 Å². The average Bonchev–Trinajstić information content (AvgIpc) is 2.92. The van der Waals surface area contributed by atoms with Crippen molar-refractivity contribution in [3.63, 3.8) is 0 Å².